The van der Waals surface area contributed by atoms with Crippen molar-refractivity contribution in [3.63, 3.8) is 0 Å². The molecule has 2 N–H and O–H groups in total. The molecule has 0 amide bonds. The van der Waals surface area contributed by atoms with E-state index in [1.54, 1.807) is 0 Å². The second-order valence-corrected chi connectivity index (χ2v) is 6.06. The number of nitrogens with zero attached hydrogens (tertiary/aromatic N) is 2. The van der Waals surface area contributed by atoms with Crippen LogP contribution in [-0.4, -0.2) is 72.5 Å². The summed E-state index contributed by atoms with van der Waals surface area (Å²) in [6.07, 6.45) is 6.53. The van der Waals surface area contributed by atoms with Crippen LogP contribution in [0.2, 0.25) is 0 Å². The smallest absolute Gasteiger partial charge is 0.0695 e. The maximum Gasteiger partial charge on any atom is 0.0695 e. The molecule has 2 rings (SSSR count). The predicted molar refractivity (Wildman–Crippen MR) is 89.2 cm³/mol. The highest BCUT2D eigenvalue weighted by Gasteiger charge is 2.26. The van der Waals surface area contributed by atoms with E-state index in [1.807, 2.05) is 28.2 Å². The van der Waals surface area contributed by atoms with Gasteiger partial charge in [-0.3, -0.25) is 0 Å². The van der Waals surface area contributed by atoms with Crippen LogP contribution in [0.4, 0.5) is 0 Å². The number of hydrogen-bond donors (Lipinski definition) is 2. The number of likely N-dealkylation sites (N-methyl/N-ethyl adjacent to an activating group) is 2. The molecule has 4 nitrogen and oxygen atoms in total. The predicted octanol–water partition coefficient (Wildman–Crippen LogP) is 1.77. The molecule has 0 spiro atoms. The fraction of sp³-hybridized carbons (Fsp3) is 1.00. The third-order valence-corrected chi connectivity index (χ3v) is 4.21. The third kappa shape index (κ3) is 6.92. The zero-order valence-electron chi connectivity index (χ0n) is 13.2. The van der Waals surface area contributed by atoms with Crippen molar-refractivity contribution in [2.45, 2.75) is 62.8 Å². The molecule has 0 radical (unpaired) electrons. The number of rotatable bonds is 2. The van der Waals surface area contributed by atoms with Crippen LogP contribution in [0.25, 0.3) is 0 Å². The molecule has 4 atom stereocenters. The van der Waals surface area contributed by atoms with Gasteiger partial charge in [0.15, 0.2) is 0 Å². The van der Waals surface area contributed by atoms with Crippen molar-refractivity contribution < 1.29 is 10.2 Å². The Balaban J connectivity index is 0. The lowest BCUT2D eigenvalue weighted by atomic mass is 10.2. The molecule has 2 fully saturated rings. The fourth-order valence-corrected chi connectivity index (χ4v) is 3.05. The fourth-order valence-electron chi connectivity index (χ4n) is 3.05. The average molecular weight is 331 g/mol. The Hall–Kier alpha value is 0.420. The van der Waals surface area contributed by atoms with Crippen LogP contribution in [0.15, 0.2) is 0 Å². The van der Waals surface area contributed by atoms with Gasteiger partial charge in [0.25, 0.3) is 0 Å². The molecule has 2 aliphatic rings. The van der Waals surface area contributed by atoms with Gasteiger partial charge in [0, 0.05) is 12.1 Å². The summed E-state index contributed by atoms with van der Waals surface area (Å²) < 4.78 is 0. The monoisotopic (exact) mass is 330 g/mol. The first kappa shape index (κ1) is 22.7. The first-order valence-corrected chi connectivity index (χ1v) is 7.12. The molecule has 0 aromatic carbocycles. The Morgan fingerprint density at radius 2 is 0.950 bits per heavy atom. The summed E-state index contributed by atoms with van der Waals surface area (Å²) in [5.41, 5.74) is 0. The molecule has 2 aliphatic carbocycles. The van der Waals surface area contributed by atoms with E-state index in [2.05, 4.69) is 9.80 Å². The number of halogens is 2. The summed E-state index contributed by atoms with van der Waals surface area (Å²) in [5.74, 6) is 0. The van der Waals surface area contributed by atoms with E-state index >= 15 is 0 Å². The lowest BCUT2D eigenvalue weighted by Gasteiger charge is -2.21. The number of aliphatic hydroxyl groups excluding tert-OH is 2. The Bertz CT molecular complexity index is 219. The highest BCUT2D eigenvalue weighted by Crippen LogP contribution is 2.22. The lowest BCUT2D eigenvalue weighted by Crippen LogP contribution is -2.34. The Labute approximate surface area is 136 Å². The molecule has 0 aliphatic heterocycles. The van der Waals surface area contributed by atoms with Gasteiger partial charge in [0.2, 0.25) is 0 Å². The number of aliphatic hydroxyl groups is 2. The van der Waals surface area contributed by atoms with Crippen molar-refractivity contribution in [2.24, 2.45) is 0 Å². The Morgan fingerprint density at radius 1 is 0.650 bits per heavy atom. The van der Waals surface area contributed by atoms with Crippen LogP contribution in [0.3, 0.4) is 0 Å². The van der Waals surface area contributed by atoms with Gasteiger partial charge in [0.05, 0.1) is 12.2 Å². The van der Waals surface area contributed by atoms with Crippen molar-refractivity contribution in [3.8, 4) is 0 Å². The van der Waals surface area contributed by atoms with E-state index in [-0.39, 0.29) is 37.0 Å². The van der Waals surface area contributed by atoms with Gasteiger partial charge in [-0.2, -0.15) is 0 Å². The van der Waals surface area contributed by atoms with E-state index in [0.29, 0.717) is 12.1 Å². The quantitative estimate of drug-likeness (QED) is 0.810. The van der Waals surface area contributed by atoms with Crippen LogP contribution < -0.4 is 0 Å². The molecule has 0 aromatic heterocycles. The standard InChI is InChI=1S/2C7H15NO.2ClH/c2*1-8(2)6-4-3-5-7(6)9;;/h2*6-7,9H,3-5H2,1-2H3;2*1H/t2*6-,7+;;/m10../s1. The first-order valence-electron chi connectivity index (χ1n) is 7.12. The van der Waals surface area contributed by atoms with Gasteiger partial charge in [-0.05, 0) is 66.7 Å². The van der Waals surface area contributed by atoms with E-state index < -0.39 is 0 Å². The van der Waals surface area contributed by atoms with E-state index in [9.17, 15) is 10.2 Å². The van der Waals surface area contributed by atoms with Crippen LogP contribution in [0.5, 0.6) is 0 Å². The summed E-state index contributed by atoms with van der Waals surface area (Å²) >= 11 is 0. The first-order chi connectivity index (χ1) is 8.43. The van der Waals surface area contributed by atoms with Crippen molar-refractivity contribution in [1.82, 2.24) is 9.80 Å². The third-order valence-electron chi connectivity index (χ3n) is 4.21. The molecule has 0 unspecified atom stereocenters. The molecule has 0 bridgehead atoms. The summed E-state index contributed by atoms with van der Waals surface area (Å²) in [4.78, 5) is 4.22. The van der Waals surface area contributed by atoms with Crippen molar-refractivity contribution in [1.29, 1.82) is 0 Å². The molecule has 124 valence electrons. The molecule has 6 heteroatoms. The maximum atomic E-state index is 9.32. The van der Waals surface area contributed by atoms with Crippen LogP contribution in [0.1, 0.15) is 38.5 Å². The van der Waals surface area contributed by atoms with Crippen molar-refractivity contribution in [2.75, 3.05) is 28.2 Å². The normalized spacial score (nSPS) is 32.4. The minimum atomic E-state index is -0.0694. The van der Waals surface area contributed by atoms with Crippen molar-refractivity contribution in [3.05, 3.63) is 0 Å². The van der Waals surface area contributed by atoms with Gasteiger partial charge >= 0.3 is 0 Å². The molecule has 2 saturated carbocycles. The summed E-state index contributed by atoms with van der Waals surface area (Å²) in [6, 6.07) is 0.843. The van der Waals surface area contributed by atoms with Crippen LogP contribution in [-0.2, 0) is 0 Å². The second-order valence-electron chi connectivity index (χ2n) is 6.06. The van der Waals surface area contributed by atoms with Gasteiger partial charge in [-0.25, -0.2) is 0 Å². The van der Waals surface area contributed by atoms with Gasteiger partial charge in [-0.15, -0.1) is 24.8 Å². The highest BCUT2D eigenvalue weighted by molar-refractivity contribution is 5.85. The molecular weight excluding hydrogens is 299 g/mol. The minimum Gasteiger partial charge on any atom is -0.391 e. The zero-order valence-corrected chi connectivity index (χ0v) is 14.8. The average Bonchev–Trinajstić information content (AvgIpc) is 2.87. The Morgan fingerprint density at radius 3 is 1.05 bits per heavy atom. The zero-order chi connectivity index (χ0) is 13.7. The van der Waals surface area contributed by atoms with Gasteiger partial charge in [0.1, 0.15) is 0 Å². The highest BCUT2D eigenvalue weighted by atomic mass is 35.5. The summed E-state index contributed by atoms with van der Waals surface area (Å²) in [6.45, 7) is 0. The molecule has 20 heavy (non-hydrogen) atoms. The van der Waals surface area contributed by atoms with Crippen LogP contribution >= 0.6 is 24.8 Å². The summed E-state index contributed by atoms with van der Waals surface area (Å²) in [7, 11) is 8.11. The molecular formula is C14H32Cl2N2O2. The topological polar surface area (TPSA) is 46.9 Å². The van der Waals surface area contributed by atoms with E-state index in [1.165, 1.54) is 12.8 Å². The lowest BCUT2D eigenvalue weighted by molar-refractivity contribution is 0.1000. The second kappa shape index (κ2) is 11.0. The number of hydrogen-bond acceptors (Lipinski definition) is 4. The maximum absolute atomic E-state index is 9.32. The van der Waals surface area contributed by atoms with Crippen molar-refractivity contribution >= 4 is 24.8 Å². The van der Waals surface area contributed by atoms with E-state index in [0.717, 1.165) is 25.7 Å². The molecule has 0 saturated heterocycles. The Kier molecular flexibility index (Phi) is 12.5. The SMILES string of the molecule is CN(C)[C@@H]1CCC[C@@H]1O.CN(C)[C@H]1CCC[C@H]1O.Cl.Cl. The van der Waals surface area contributed by atoms with Gasteiger partial charge in [-0.1, -0.05) is 0 Å². The van der Waals surface area contributed by atoms with Crippen LogP contribution in [0, 0.1) is 0 Å². The van der Waals surface area contributed by atoms with Gasteiger partial charge < -0.3 is 20.0 Å². The minimum absolute atomic E-state index is 0. The summed E-state index contributed by atoms with van der Waals surface area (Å²) in [5, 5.41) is 18.6. The largest absolute Gasteiger partial charge is 0.391 e. The molecule has 0 aromatic rings. The molecule has 0 heterocycles. The van der Waals surface area contributed by atoms with E-state index in [4.69, 9.17) is 0 Å².